The molecule has 0 aromatic carbocycles. The van der Waals surface area contributed by atoms with Gasteiger partial charge in [-0.15, -0.1) is 0 Å². The summed E-state index contributed by atoms with van der Waals surface area (Å²) < 4.78 is 0. The molecule has 0 saturated carbocycles. The third kappa shape index (κ3) is 7210. The number of hydrogen-bond acceptors (Lipinski definition) is 4. The summed E-state index contributed by atoms with van der Waals surface area (Å²) in [5, 5.41) is 22.8. The van der Waals surface area contributed by atoms with Crippen molar-refractivity contribution in [2.75, 3.05) is 0 Å². The van der Waals surface area contributed by atoms with Crippen LogP contribution in [-0.4, -0.2) is 5.09 Å². The molecular weight excluding hydrogens is 115 g/mol. The first kappa shape index (κ1) is 15.7. The molecule has 0 spiro atoms. The van der Waals surface area contributed by atoms with Gasteiger partial charge in [-0.3, -0.25) is 0 Å². The van der Waals surface area contributed by atoms with Crippen LogP contribution in [0.2, 0.25) is 0 Å². The van der Waals surface area contributed by atoms with Gasteiger partial charge in [-0.05, 0) is 0 Å². The molecule has 0 aromatic heterocycles. The quantitative estimate of drug-likeness (QED) is 0.196. The zero-order valence-corrected chi connectivity index (χ0v) is 5.79. The van der Waals surface area contributed by atoms with Gasteiger partial charge in [0.1, 0.15) is 0 Å². The average molecular weight is 118 g/mol. The Morgan fingerprint density at radius 3 is 1.29 bits per heavy atom. The van der Waals surface area contributed by atoms with E-state index < -0.39 is 5.09 Å². The summed E-state index contributed by atoms with van der Waals surface area (Å²) in [5.74, 6) is 2.00. The normalized spacial score (nSPS) is 4.29. The van der Waals surface area contributed by atoms with Crippen molar-refractivity contribution in [3.63, 3.8) is 0 Å². The standard InChI is InChI=1S/NO3.H3NO.Na/c2-1(3)4;1-2;/h;1H3;/q-1;;+1. The predicted molar refractivity (Wildman–Crippen MR) is 16.6 cm³/mol. The van der Waals surface area contributed by atoms with Crippen LogP contribution in [0.4, 0.5) is 0 Å². The summed E-state index contributed by atoms with van der Waals surface area (Å²) in [6, 6.07) is 0. The van der Waals surface area contributed by atoms with Crippen molar-refractivity contribution in [2.45, 2.75) is 0 Å². The molecule has 0 heterocycles. The van der Waals surface area contributed by atoms with Crippen molar-refractivity contribution >= 4 is 0 Å². The molecular formula is H3N2NaO4. The molecule has 0 saturated heterocycles. The zero-order chi connectivity index (χ0) is 5.58. The topological polar surface area (TPSA) is 117 Å². The maximum Gasteiger partial charge on any atom is 1.00 e. The van der Waals surface area contributed by atoms with E-state index in [9.17, 15) is 0 Å². The van der Waals surface area contributed by atoms with Crippen LogP contribution in [0.3, 0.4) is 0 Å². The Balaban J connectivity index is -0.0000000480. The van der Waals surface area contributed by atoms with Gasteiger partial charge in [0.2, 0.25) is 0 Å². The van der Waals surface area contributed by atoms with E-state index >= 15 is 0 Å². The van der Waals surface area contributed by atoms with E-state index in [1.165, 1.54) is 0 Å². The average Bonchev–Trinajstić information content (AvgIpc) is 1.41. The van der Waals surface area contributed by atoms with Crippen LogP contribution in [-0.2, 0) is 0 Å². The summed E-state index contributed by atoms with van der Waals surface area (Å²) in [7, 11) is 0. The molecule has 0 unspecified atom stereocenters. The summed E-state index contributed by atoms with van der Waals surface area (Å²) >= 11 is 0. The SMILES string of the molecule is O=[N+]([O-])[O-].[NH3+][O-].[Na+]. The van der Waals surface area contributed by atoms with E-state index in [4.69, 9.17) is 20.5 Å². The van der Waals surface area contributed by atoms with E-state index in [2.05, 4.69) is 0 Å². The minimum atomic E-state index is -1.75. The molecule has 0 radical (unpaired) electrons. The minimum absolute atomic E-state index is 0. The molecule has 0 aliphatic carbocycles. The van der Waals surface area contributed by atoms with Crippen molar-refractivity contribution in [3.05, 3.63) is 20.5 Å². The molecule has 0 fully saturated rings. The van der Waals surface area contributed by atoms with Crippen molar-refractivity contribution in [1.29, 1.82) is 0 Å². The predicted octanol–water partition coefficient (Wildman–Crippen LogP) is -4.51. The number of hydrogen-bond donors (Lipinski definition) is 1. The van der Waals surface area contributed by atoms with Crippen molar-refractivity contribution in [1.82, 2.24) is 0 Å². The van der Waals surface area contributed by atoms with Gasteiger partial charge >= 0.3 is 29.6 Å². The van der Waals surface area contributed by atoms with E-state index in [1.54, 1.807) is 0 Å². The van der Waals surface area contributed by atoms with Crippen LogP contribution in [0.1, 0.15) is 0 Å². The van der Waals surface area contributed by atoms with Crippen LogP contribution in [0.5, 0.6) is 0 Å². The summed E-state index contributed by atoms with van der Waals surface area (Å²) in [6.07, 6.45) is 0. The van der Waals surface area contributed by atoms with E-state index in [0.717, 1.165) is 0 Å². The third-order valence-corrected chi connectivity index (χ3v) is 0. The first-order valence-corrected chi connectivity index (χ1v) is 0.836. The number of quaternary nitrogens is 1. The van der Waals surface area contributed by atoms with Gasteiger partial charge in [-0.1, -0.05) is 0 Å². The van der Waals surface area contributed by atoms with Gasteiger partial charge in [0.15, 0.2) is 0 Å². The molecule has 0 bridgehead atoms. The first-order chi connectivity index (χ1) is 2.73. The summed E-state index contributed by atoms with van der Waals surface area (Å²) in [5.41, 5.74) is 0. The fraction of sp³-hybridized carbons (Fsp3) is 0. The van der Waals surface area contributed by atoms with Gasteiger partial charge < -0.3 is 26.4 Å². The summed E-state index contributed by atoms with van der Waals surface area (Å²) in [6.45, 7) is 0. The van der Waals surface area contributed by atoms with Crippen LogP contribution in [0.25, 0.3) is 0 Å². The van der Waals surface area contributed by atoms with Crippen molar-refractivity contribution in [2.24, 2.45) is 0 Å². The summed E-state index contributed by atoms with van der Waals surface area (Å²) in [4.78, 5) is 8.25. The van der Waals surface area contributed by atoms with Crippen LogP contribution in [0.15, 0.2) is 0 Å². The molecule has 38 valence electrons. The first-order valence-electron chi connectivity index (χ1n) is 0.836. The fourth-order valence-electron chi connectivity index (χ4n) is 0. The number of nitrogens with zero attached hydrogens (tertiary/aromatic N) is 1. The minimum Gasteiger partial charge on any atom is -0.637 e. The maximum atomic E-state index is 8.25. The van der Waals surface area contributed by atoms with Gasteiger partial charge in [0.05, 0.1) is 5.09 Å². The third-order valence-electron chi connectivity index (χ3n) is 0. The molecule has 0 aliphatic rings. The second-order valence-corrected chi connectivity index (χ2v) is 0.224. The Morgan fingerprint density at radius 2 is 1.29 bits per heavy atom. The Kier molecular flexibility index (Phi) is 37.0. The molecule has 0 rings (SSSR count). The van der Waals surface area contributed by atoms with Crippen molar-refractivity contribution in [3.8, 4) is 0 Å². The molecule has 0 atom stereocenters. The monoisotopic (exact) mass is 118 g/mol. The fourth-order valence-corrected chi connectivity index (χ4v) is 0. The maximum absolute atomic E-state index is 8.25. The molecule has 0 aliphatic heterocycles. The second-order valence-electron chi connectivity index (χ2n) is 0.224. The van der Waals surface area contributed by atoms with E-state index in [0.29, 0.717) is 0 Å². The van der Waals surface area contributed by atoms with Crippen LogP contribution in [0, 0.1) is 20.5 Å². The van der Waals surface area contributed by atoms with Gasteiger partial charge in [-0.25, -0.2) is 0 Å². The van der Waals surface area contributed by atoms with Gasteiger partial charge in [-0.2, -0.15) is 0 Å². The molecule has 0 aromatic rings. The van der Waals surface area contributed by atoms with Crippen molar-refractivity contribution < 1.29 is 40.5 Å². The molecule has 7 heavy (non-hydrogen) atoms. The van der Waals surface area contributed by atoms with E-state index in [1.807, 2.05) is 5.90 Å². The molecule has 6 nitrogen and oxygen atoms in total. The van der Waals surface area contributed by atoms with E-state index in [-0.39, 0.29) is 29.6 Å². The Hall–Kier alpha value is 0.120. The van der Waals surface area contributed by atoms with Crippen LogP contribution < -0.4 is 35.5 Å². The Morgan fingerprint density at radius 1 is 1.29 bits per heavy atom. The van der Waals surface area contributed by atoms with Gasteiger partial charge in [0, 0.05) is 0 Å². The Labute approximate surface area is 61.3 Å². The number of rotatable bonds is 0. The smallest absolute Gasteiger partial charge is 0.637 e. The van der Waals surface area contributed by atoms with Crippen LogP contribution >= 0.6 is 0 Å². The molecule has 3 N–H and O–H groups in total. The van der Waals surface area contributed by atoms with Gasteiger partial charge in [0.25, 0.3) is 0 Å². The largest absolute Gasteiger partial charge is 1.00 e. The molecule has 0 amide bonds. The molecule has 7 heteroatoms. The second kappa shape index (κ2) is 16.5. The zero-order valence-electron chi connectivity index (χ0n) is 3.79. The Bertz CT molecular complexity index is 32.7.